The minimum absolute atomic E-state index is 0.109. The lowest BCUT2D eigenvalue weighted by molar-refractivity contribution is 0.0474. The van der Waals surface area contributed by atoms with Crippen molar-refractivity contribution in [1.82, 2.24) is 9.47 Å². The van der Waals surface area contributed by atoms with Crippen molar-refractivity contribution in [3.05, 3.63) is 88.2 Å². The molecule has 0 bridgehead atoms. The highest BCUT2D eigenvalue weighted by atomic mass is 16.5. The Hall–Kier alpha value is -4.00. The smallest absolute Gasteiger partial charge is 0.338 e. The van der Waals surface area contributed by atoms with Crippen LogP contribution in [0.15, 0.2) is 54.6 Å². The summed E-state index contributed by atoms with van der Waals surface area (Å²) in [6.07, 6.45) is 0. The number of ether oxygens (including phenoxy) is 1. The van der Waals surface area contributed by atoms with Gasteiger partial charge in [-0.1, -0.05) is 18.2 Å². The molecule has 0 aliphatic carbocycles. The average Bonchev–Trinajstić information content (AvgIpc) is 3.20. The minimum Gasteiger partial charge on any atom is -0.454 e. The molecule has 7 nitrogen and oxygen atoms in total. The van der Waals surface area contributed by atoms with Gasteiger partial charge in [-0.05, 0) is 50.2 Å². The fraction of sp³-hybridized carbons (Fsp3) is 0.167. The third kappa shape index (κ3) is 3.44. The van der Waals surface area contributed by atoms with Gasteiger partial charge in [-0.2, -0.15) is 0 Å². The van der Waals surface area contributed by atoms with Crippen LogP contribution in [-0.4, -0.2) is 46.7 Å². The molecule has 2 aromatic carbocycles. The molecule has 1 aliphatic rings. The van der Waals surface area contributed by atoms with Crippen LogP contribution in [0, 0.1) is 13.8 Å². The molecule has 1 aliphatic heterocycles. The number of aryl methyl sites for hydroxylation is 1. The zero-order valence-corrected chi connectivity index (χ0v) is 17.3. The van der Waals surface area contributed by atoms with E-state index in [9.17, 15) is 19.2 Å². The Kier molecular flexibility index (Phi) is 5.02. The summed E-state index contributed by atoms with van der Waals surface area (Å²) in [7, 11) is 1.38. The number of aromatic nitrogens is 1. The Balaban J connectivity index is 1.50. The number of ketones is 1. The van der Waals surface area contributed by atoms with Gasteiger partial charge in [0.2, 0.25) is 5.78 Å². The maximum Gasteiger partial charge on any atom is 0.338 e. The topological polar surface area (TPSA) is 85.7 Å². The molecule has 3 aromatic rings. The number of rotatable bonds is 5. The summed E-state index contributed by atoms with van der Waals surface area (Å²) in [6, 6.07) is 15.6. The summed E-state index contributed by atoms with van der Waals surface area (Å²) >= 11 is 0. The van der Waals surface area contributed by atoms with Crippen LogP contribution in [0.3, 0.4) is 0 Å². The van der Waals surface area contributed by atoms with E-state index < -0.39 is 24.4 Å². The summed E-state index contributed by atoms with van der Waals surface area (Å²) in [4.78, 5) is 50.2. The Labute approximate surface area is 178 Å². The molecule has 0 saturated heterocycles. The van der Waals surface area contributed by atoms with E-state index in [1.807, 2.05) is 48.7 Å². The number of carbonyl (C=O) groups excluding carboxylic acids is 4. The molecule has 0 fully saturated rings. The Morgan fingerprint density at radius 3 is 2.29 bits per heavy atom. The highest BCUT2D eigenvalue weighted by Crippen LogP contribution is 2.24. The van der Waals surface area contributed by atoms with Crippen molar-refractivity contribution in [3.8, 4) is 5.69 Å². The van der Waals surface area contributed by atoms with Gasteiger partial charge < -0.3 is 9.30 Å². The molecule has 2 heterocycles. The number of hydrogen-bond donors (Lipinski definition) is 0. The van der Waals surface area contributed by atoms with Gasteiger partial charge in [0, 0.05) is 29.7 Å². The van der Waals surface area contributed by atoms with Gasteiger partial charge in [-0.25, -0.2) is 4.79 Å². The molecule has 0 radical (unpaired) electrons. The van der Waals surface area contributed by atoms with E-state index in [2.05, 4.69) is 0 Å². The SMILES string of the molecule is Cc1cc(C(=O)COC(=O)c2ccc3c(c2)C(=O)N(C)C3=O)c(C)n1-c1ccccc1. The number of Topliss-reactive ketones (excluding diaryl/α,β-unsaturated/α-hetero) is 1. The van der Waals surface area contributed by atoms with Crippen molar-refractivity contribution in [2.24, 2.45) is 0 Å². The second kappa shape index (κ2) is 7.68. The maximum absolute atomic E-state index is 12.7. The number of benzene rings is 2. The summed E-state index contributed by atoms with van der Waals surface area (Å²) in [5.41, 5.74) is 3.58. The molecule has 1 aromatic heterocycles. The molecular weight excluding hydrogens is 396 g/mol. The van der Waals surface area contributed by atoms with Crippen molar-refractivity contribution in [2.45, 2.75) is 13.8 Å². The second-order valence-corrected chi connectivity index (χ2v) is 7.38. The second-order valence-electron chi connectivity index (χ2n) is 7.38. The number of esters is 1. The van der Waals surface area contributed by atoms with Crippen LogP contribution in [0.2, 0.25) is 0 Å². The van der Waals surface area contributed by atoms with Crippen molar-refractivity contribution in [2.75, 3.05) is 13.7 Å². The molecule has 156 valence electrons. The van der Waals surface area contributed by atoms with Gasteiger partial charge in [0.05, 0.1) is 16.7 Å². The van der Waals surface area contributed by atoms with Gasteiger partial charge in [-0.3, -0.25) is 19.3 Å². The standard InChI is InChI=1S/C24H20N2O5/c1-14-11-19(15(2)26(14)17-7-5-4-6-8-17)21(27)13-31-24(30)16-9-10-18-20(12-16)23(29)25(3)22(18)28/h4-12H,13H2,1-3H3. The zero-order chi connectivity index (χ0) is 22.3. The normalized spacial score (nSPS) is 12.8. The monoisotopic (exact) mass is 416 g/mol. The fourth-order valence-corrected chi connectivity index (χ4v) is 3.80. The van der Waals surface area contributed by atoms with E-state index >= 15 is 0 Å². The predicted octanol–water partition coefficient (Wildman–Crippen LogP) is 3.36. The zero-order valence-electron chi connectivity index (χ0n) is 17.3. The average molecular weight is 416 g/mol. The molecular formula is C24H20N2O5. The lowest BCUT2D eigenvalue weighted by atomic mass is 10.1. The van der Waals surface area contributed by atoms with Gasteiger partial charge in [0.25, 0.3) is 11.8 Å². The third-order valence-electron chi connectivity index (χ3n) is 5.41. The summed E-state index contributed by atoms with van der Waals surface area (Å²) in [5, 5.41) is 0. The molecule has 4 rings (SSSR count). The van der Waals surface area contributed by atoms with Crippen molar-refractivity contribution in [3.63, 3.8) is 0 Å². The van der Waals surface area contributed by atoms with Crippen molar-refractivity contribution in [1.29, 1.82) is 0 Å². The van der Waals surface area contributed by atoms with E-state index in [1.54, 1.807) is 6.07 Å². The van der Waals surface area contributed by atoms with Gasteiger partial charge in [0.1, 0.15) is 0 Å². The number of hydrogen-bond acceptors (Lipinski definition) is 5. The largest absolute Gasteiger partial charge is 0.454 e. The highest BCUT2D eigenvalue weighted by molar-refractivity contribution is 6.21. The fourth-order valence-electron chi connectivity index (χ4n) is 3.80. The molecule has 0 N–H and O–H groups in total. The summed E-state index contributed by atoms with van der Waals surface area (Å²) < 4.78 is 7.16. The van der Waals surface area contributed by atoms with E-state index in [1.165, 1.54) is 25.2 Å². The summed E-state index contributed by atoms with van der Waals surface area (Å²) in [6.45, 7) is 3.32. The van der Waals surface area contributed by atoms with Crippen LogP contribution in [-0.2, 0) is 4.74 Å². The van der Waals surface area contributed by atoms with Crippen LogP contribution in [0.5, 0.6) is 0 Å². The van der Waals surface area contributed by atoms with E-state index in [4.69, 9.17) is 4.74 Å². The van der Waals surface area contributed by atoms with Crippen LogP contribution < -0.4 is 0 Å². The lowest BCUT2D eigenvalue weighted by Gasteiger charge is -2.09. The molecule has 0 atom stereocenters. The first-order valence-corrected chi connectivity index (χ1v) is 9.70. The number of para-hydroxylation sites is 1. The molecule has 0 spiro atoms. The number of imide groups is 1. The number of amides is 2. The van der Waals surface area contributed by atoms with E-state index in [0.717, 1.165) is 22.0 Å². The minimum atomic E-state index is -0.734. The molecule has 0 saturated carbocycles. The first-order valence-electron chi connectivity index (χ1n) is 9.70. The molecule has 7 heteroatoms. The Bertz CT molecular complexity index is 1240. The van der Waals surface area contributed by atoms with E-state index in [-0.39, 0.29) is 22.5 Å². The number of fused-ring (bicyclic) bond motifs is 1. The Morgan fingerprint density at radius 1 is 0.903 bits per heavy atom. The van der Waals surface area contributed by atoms with E-state index in [0.29, 0.717) is 5.56 Å². The van der Waals surface area contributed by atoms with Crippen molar-refractivity contribution < 1.29 is 23.9 Å². The van der Waals surface area contributed by atoms with Crippen LogP contribution in [0.25, 0.3) is 5.69 Å². The van der Waals surface area contributed by atoms with Crippen LogP contribution >= 0.6 is 0 Å². The highest BCUT2D eigenvalue weighted by Gasteiger charge is 2.33. The number of nitrogens with zero attached hydrogens (tertiary/aromatic N) is 2. The molecule has 2 amide bonds. The lowest BCUT2D eigenvalue weighted by Crippen LogP contribution is -2.24. The maximum atomic E-state index is 12.7. The van der Waals surface area contributed by atoms with Gasteiger partial charge in [-0.15, -0.1) is 0 Å². The van der Waals surface area contributed by atoms with Crippen LogP contribution in [0.4, 0.5) is 0 Å². The molecule has 31 heavy (non-hydrogen) atoms. The first-order chi connectivity index (χ1) is 14.8. The summed E-state index contributed by atoms with van der Waals surface area (Å²) in [5.74, 6) is -1.94. The molecule has 0 unspecified atom stereocenters. The van der Waals surface area contributed by atoms with Crippen LogP contribution in [0.1, 0.15) is 52.8 Å². The predicted molar refractivity (Wildman–Crippen MR) is 113 cm³/mol. The quantitative estimate of drug-likeness (QED) is 0.362. The first kappa shape index (κ1) is 20.3. The van der Waals surface area contributed by atoms with Gasteiger partial charge >= 0.3 is 5.97 Å². The number of carbonyl (C=O) groups is 4. The van der Waals surface area contributed by atoms with Gasteiger partial charge in [0.15, 0.2) is 6.61 Å². The Morgan fingerprint density at radius 2 is 1.58 bits per heavy atom. The van der Waals surface area contributed by atoms with Crippen molar-refractivity contribution >= 4 is 23.6 Å². The third-order valence-corrected chi connectivity index (χ3v) is 5.41.